The number of nitrogens with zero attached hydrogens (tertiary/aromatic N) is 5. The standard InChI is InChI=1S/C23H17F2N7O2/c24-20(25)15-6-8-16(27-11-15)12-31-23(34)32-21(30-31)18(14-7-9-17(33)28-10-14)19(29-22(32)26)13-4-2-1-3-5-13/h1-11,20H,12H2,(H2,26,29)(H,28,33). The summed E-state index contributed by atoms with van der Waals surface area (Å²) in [6.07, 6.45) is -0.0619. The smallest absolute Gasteiger partial charge is 0.353 e. The molecule has 0 spiro atoms. The molecule has 0 amide bonds. The third kappa shape index (κ3) is 3.72. The van der Waals surface area contributed by atoms with Crippen molar-refractivity contribution < 1.29 is 8.78 Å². The van der Waals surface area contributed by atoms with Crippen LogP contribution in [0.5, 0.6) is 0 Å². The normalized spacial score (nSPS) is 11.4. The maximum absolute atomic E-state index is 13.2. The monoisotopic (exact) mass is 461 g/mol. The molecule has 1 aromatic carbocycles. The maximum Gasteiger partial charge on any atom is 0.353 e. The van der Waals surface area contributed by atoms with Crippen LogP contribution in [0.25, 0.3) is 28.0 Å². The number of nitrogens with two attached hydrogens (primary N) is 1. The van der Waals surface area contributed by atoms with Crippen molar-refractivity contribution in [2.45, 2.75) is 13.0 Å². The summed E-state index contributed by atoms with van der Waals surface area (Å²) in [6.45, 7) is -0.0603. The second-order valence-corrected chi connectivity index (χ2v) is 7.48. The molecule has 3 N–H and O–H groups in total. The number of halogens is 2. The Morgan fingerprint density at radius 2 is 1.79 bits per heavy atom. The molecule has 0 aliphatic rings. The van der Waals surface area contributed by atoms with Crippen molar-refractivity contribution in [3.63, 3.8) is 0 Å². The molecule has 5 rings (SSSR count). The summed E-state index contributed by atoms with van der Waals surface area (Å²) < 4.78 is 28.0. The van der Waals surface area contributed by atoms with E-state index in [1.54, 1.807) is 6.07 Å². The second kappa shape index (κ2) is 8.35. The van der Waals surface area contributed by atoms with Gasteiger partial charge >= 0.3 is 5.69 Å². The lowest BCUT2D eigenvalue weighted by Gasteiger charge is -2.11. The fraction of sp³-hybridized carbons (Fsp3) is 0.0870. The van der Waals surface area contributed by atoms with Gasteiger partial charge in [0.1, 0.15) is 0 Å². The molecule has 0 fully saturated rings. The number of rotatable bonds is 5. The molecule has 34 heavy (non-hydrogen) atoms. The van der Waals surface area contributed by atoms with Crippen LogP contribution in [0.3, 0.4) is 0 Å². The Hall–Kier alpha value is -4.67. The molecule has 0 radical (unpaired) electrons. The number of pyridine rings is 2. The number of alkyl halides is 2. The fourth-order valence-corrected chi connectivity index (χ4v) is 3.65. The van der Waals surface area contributed by atoms with Crippen molar-refractivity contribution in [2.75, 3.05) is 5.73 Å². The van der Waals surface area contributed by atoms with Crippen LogP contribution in [-0.4, -0.2) is 29.1 Å². The predicted octanol–water partition coefficient (Wildman–Crippen LogP) is 2.88. The van der Waals surface area contributed by atoms with Gasteiger partial charge in [0.15, 0.2) is 5.65 Å². The molecule has 0 aliphatic heterocycles. The van der Waals surface area contributed by atoms with Crippen LogP contribution in [0, 0.1) is 0 Å². The van der Waals surface area contributed by atoms with Gasteiger partial charge in [-0.15, -0.1) is 5.10 Å². The van der Waals surface area contributed by atoms with Crippen molar-refractivity contribution in [1.29, 1.82) is 0 Å². The third-order valence-electron chi connectivity index (χ3n) is 5.29. The zero-order chi connectivity index (χ0) is 23.8. The van der Waals surface area contributed by atoms with E-state index < -0.39 is 12.1 Å². The Bertz CT molecular complexity index is 1590. The summed E-state index contributed by atoms with van der Waals surface area (Å²) in [5.41, 5.74) is 7.99. The van der Waals surface area contributed by atoms with Gasteiger partial charge in [0.25, 0.3) is 6.43 Å². The van der Waals surface area contributed by atoms with E-state index in [1.807, 2.05) is 30.3 Å². The molecular weight excluding hydrogens is 444 g/mol. The molecular formula is C23H17F2N7O2. The first-order valence-corrected chi connectivity index (χ1v) is 10.2. The number of nitrogen functional groups attached to an aromatic ring is 1. The lowest BCUT2D eigenvalue weighted by atomic mass is 10.0. The van der Waals surface area contributed by atoms with Crippen molar-refractivity contribution in [1.82, 2.24) is 29.1 Å². The van der Waals surface area contributed by atoms with E-state index in [9.17, 15) is 18.4 Å². The highest BCUT2D eigenvalue weighted by Crippen LogP contribution is 2.33. The van der Waals surface area contributed by atoms with Gasteiger partial charge < -0.3 is 10.7 Å². The van der Waals surface area contributed by atoms with Crippen LogP contribution >= 0.6 is 0 Å². The number of hydrogen-bond donors (Lipinski definition) is 2. The first kappa shape index (κ1) is 21.2. The lowest BCUT2D eigenvalue weighted by molar-refractivity contribution is 0.151. The molecule has 170 valence electrons. The predicted molar refractivity (Wildman–Crippen MR) is 121 cm³/mol. The number of hydrogen-bond acceptors (Lipinski definition) is 6. The van der Waals surface area contributed by atoms with E-state index in [0.717, 1.165) is 16.4 Å². The van der Waals surface area contributed by atoms with Crippen LogP contribution in [0.1, 0.15) is 17.7 Å². The van der Waals surface area contributed by atoms with Crippen LogP contribution in [0.4, 0.5) is 14.7 Å². The average molecular weight is 461 g/mol. The molecule has 4 aromatic heterocycles. The van der Waals surface area contributed by atoms with E-state index in [2.05, 4.69) is 20.1 Å². The first-order valence-electron chi connectivity index (χ1n) is 10.2. The summed E-state index contributed by atoms with van der Waals surface area (Å²) >= 11 is 0. The van der Waals surface area contributed by atoms with Gasteiger partial charge in [-0.05, 0) is 18.2 Å². The summed E-state index contributed by atoms with van der Waals surface area (Å²) in [5.74, 6) is -0.0701. The van der Waals surface area contributed by atoms with Crippen molar-refractivity contribution in [2.24, 2.45) is 0 Å². The van der Waals surface area contributed by atoms with E-state index in [0.29, 0.717) is 22.5 Å². The molecule has 0 saturated heterocycles. The molecule has 5 aromatic rings. The van der Waals surface area contributed by atoms with Crippen LogP contribution in [0.2, 0.25) is 0 Å². The van der Waals surface area contributed by atoms with Crippen molar-refractivity contribution in [3.8, 4) is 22.4 Å². The Balaban J connectivity index is 1.72. The van der Waals surface area contributed by atoms with Crippen LogP contribution in [-0.2, 0) is 6.54 Å². The number of fused-ring (bicyclic) bond motifs is 1. The molecule has 0 atom stereocenters. The molecule has 4 heterocycles. The number of nitrogens with one attached hydrogen (secondary N) is 1. The first-order chi connectivity index (χ1) is 16.4. The number of H-pyrrole nitrogens is 1. The van der Waals surface area contributed by atoms with E-state index in [1.165, 1.54) is 28.8 Å². The van der Waals surface area contributed by atoms with Gasteiger partial charge in [-0.25, -0.2) is 27.6 Å². The van der Waals surface area contributed by atoms with Gasteiger partial charge in [-0.2, -0.15) is 0 Å². The zero-order valence-electron chi connectivity index (χ0n) is 17.5. The minimum atomic E-state index is -2.64. The molecule has 11 heteroatoms. The van der Waals surface area contributed by atoms with Gasteiger partial charge in [0.05, 0.1) is 23.5 Å². The summed E-state index contributed by atoms with van der Waals surface area (Å²) in [6, 6.07) is 14.9. The Labute approximate surface area is 190 Å². The van der Waals surface area contributed by atoms with Crippen molar-refractivity contribution >= 4 is 11.6 Å². The van der Waals surface area contributed by atoms with E-state index in [-0.39, 0.29) is 29.3 Å². The number of aromatic amines is 1. The molecule has 0 saturated carbocycles. The van der Waals surface area contributed by atoms with E-state index >= 15 is 0 Å². The van der Waals surface area contributed by atoms with E-state index in [4.69, 9.17) is 5.73 Å². The topological polar surface area (TPSA) is 124 Å². The molecule has 0 bridgehead atoms. The maximum atomic E-state index is 13.2. The number of anilines is 1. The minimum absolute atomic E-state index is 0.0603. The fourth-order valence-electron chi connectivity index (χ4n) is 3.65. The van der Waals surface area contributed by atoms with Gasteiger partial charge in [-0.3, -0.25) is 9.78 Å². The SMILES string of the molecule is Nc1nc(-c2ccccc2)c(-c2ccc(=O)[nH]c2)c2nn(Cc3ccc(C(F)F)cn3)c(=O)n12. The average Bonchev–Trinajstić information content (AvgIpc) is 3.17. The minimum Gasteiger partial charge on any atom is -0.369 e. The van der Waals surface area contributed by atoms with Gasteiger partial charge in [0, 0.05) is 35.2 Å². The highest BCUT2D eigenvalue weighted by Gasteiger charge is 2.22. The quantitative estimate of drug-likeness (QED) is 0.415. The highest BCUT2D eigenvalue weighted by atomic mass is 19.3. The highest BCUT2D eigenvalue weighted by molar-refractivity contribution is 5.90. The number of benzene rings is 1. The largest absolute Gasteiger partial charge is 0.369 e. The van der Waals surface area contributed by atoms with Crippen LogP contribution < -0.4 is 17.0 Å². The third-order valence-corrected chi connectivity index (χ3v) is 5.29. The van der Waals surface area contributed by atoms with Gasteiger partial charge in [-0.1, -0.05) is 30.3 Å². The number of aromatic nitrogens is 6. The molecule has 0 unspecified atom stereocenters. The lowest BCUT2D eigenvalue weighted by Crippen LogP contribution is -2.24. The second-order valence-electron chi connectivity index (χ2n) is 7.48. The summed E-state index contributed by atoms with van der Waals surface area (Å²) in [5, 5.41) is 4.48. The zero-order valence-corrected chi connectivity index (χ0v) is 17.5. The Kier molecular flexibility index (Phi) is 5.21. The summed E-state index contributed by atoms with van der Waals surface area (Å²) in [7, 11) is 0. The Morgan fingerprint density at radius 1 is 1.00 bits per heavy atom. The van der Waals surface area contributed by atoms with Crippen molar-refractivity contribution in [3.05, 3.63) is 99.1 Å². The summed E-state index contributed by atoms with van der Waals surface area (Å²) in [4.78, 5) is 35.9. The van der Waals surface area contributed by atoms with Crippen LogP contribution in [0.15, 0.2) is 76.6 Å². The molecule has 0 aliphatic carbocycles. The van der Waals surface area contributed by atoms with Gasteiger partial charge in [0.2, 0.25) is 11.5 Å². The molecule has 9 nitrogen and oxygen atoms in total. The Morgan fingerprint density at radius 3 is 2.44 bits per heavy atom.